The van der Waals surface area contributed by atoms with Crippen molar-refractivity contribution in [2.75, 3.05) is 13.1 Å². The molecule has 0 aromatic heterocycles. The van der Waals surface area contributed by atoms with Gasteiger partial charge in [0, 0.05) is 9.50 Å². The highest BCUT2D eigenvalue weighted by Gasteiger charge is 2.11. The SMILES string of the molecule is CCNCC(Cc1ccc(Br)cc1)Cc1cccc(Cl)c1. The molecule has 0 aliphatic carbocycles. The van der Waals surface area contributed by atoms with E-state index in [0.29, 0.717) is 5.92 Å². The zero-order valence-corrected chi connectivity index (χ0v) is 14.6. The third-order valence-corrected chi connectivity index (χ3v) is 4.30. The van der Waals surface area contributed by atoms with Crippen molar-refractivity contribution >= 4 is 27.5 Å². The summed E-state index contributed by atoms with van der Waals surface area (Å²) < 4.78 is 1.13. The van der Waals surface area contributed by atoms with Crippen LogP contribution in [0.5, 0.6) is 0 Å². The Morgan fingerprint density at radius 1 is 1.05 bits per heavy atom. The summed E-state index contributed by atoms with van der Waals surface area (Å²) in [7, 11) is 0. The first kappa shape index (κ1) is 16.5. The van der Waals surface area contributed by atoms with Crippen LogP contribution in [0.2, 0.25) is 5.02 Å². The Hall–Kier alpha value is -0.830. The second kappa shape index (κ2) is 8.57. The maximum atomic E-state index is 6.09. The van der Waals surface area contributed by atoms with E-state index in [1.54, 1.807) is 0 Å². The fourth-order valence-electron chi connectivity index (χ4n) is 2.52. The molecule has 0 heterocycles. The lowest BCUT2D eigenvalue weighted by Crippen LogP contribution is -2.25. The molecule has 2 aromatic carbocycles. The van der Waals surface area contributed by atoms with Crippen molar-refractivity contribution in [1.82, 2.24) is 5.32 Å². The van der Waals surface area contributed by atoms with Crippen LogP contribution < -0.4 is 5.32 Å². The van der Waals surface area contributed by atoms with Crippen LogP contribution in [-0.4, -0.2) is 13.1 Å². The molecule has 1 N–H and O–H groups in total. The van der Waals surface area contributed by atoms with Gasteiger partial charge in [0.05, 0.1) is 0 Å². The Kier molecular flexibility index (Phi) is 6.75. The van der Waals surface area contributed by atoms with Crippen molar-refractivity contribution in [3.63, 3.8) is 0 Å². The lowest BCUT2D eigenvalue weighted by Gasteiger charge is -2.18. The van der Waals surface area contributed by atoms with E-state index >= 15 is 0 Å². The van der Waals surface area contributed by atoms with E-state index in [0.717, 1.165) is 35.4 Å². The molecule has 0 saturated carbocycles. The van der Waals surface area contributed by atoms with E-state index in [1.807, 2.05) is 12.1 Å². The Morgan fingerprint density at radius 2 is 1.76 bits per heavy atom. The van der Waals surface area contributed by atoms with Gasteiger partial charge in [0.15, 0.2) is 0 Å². The molecule has 1 nitrogen and oxygen atoms in total. The van der Waals surface area contributed by atoms with E-state index < -0.39 is 0 Å². The minimum absolute atomic E-state index is 0.574. The fourth-order valence-corrected chi connectivity index (χ4v) is 2.99. The van der Waals surface area contributed by atoms with Crippen molar-refractivity contribution in [3.05, 3.63) is 69.2 Å². The van der Waals surface area contributed by atoms with Crippen LogP contribution >= 0.6 is 27.5 Å². The molecule has 3 heteroatoms. The molecule has 0 amide bonds. The molecule has 0 spiro atoms. The summed E-state index contributed by atoms with van der Waals surface area (Å²) >= 11 is 9.58. The normalized spacial score (nSPS) is 12.3. The van der Waals surface area contributed by atoms with Gasteiger partial charge in [-0.25, -0.2) is 0 Å². The van der Waals surface area contributed by atoms with Gasteiger partial charge in [-0.15, -0.1) is 0 Å². The van der Waals surface area contributed by atoms with Gasteiger partial charge in [0.2, 0.25) is 0 Å². The number of halogens is 2. The van der Waals surface area contributed by atoms with Crippen molar-refractivity contribution in [2.45, 2.75) is 19.8 Å². The highest BCUT2D eigenvalue weighted by atomic mass is 79.9. The zero-order valence-electron chi connectivity index (χ0n) is 12.3. The number of benzene rings is 2. The van der Waals surface area contributed by atoms with Crippen LogP contribution in [0.25, 0.3) is 0 Å². The minimum Gasteiger partial charge on any atom is -0.317 e. The summed E-state index contributed by atoms with van der Waals surface area (Å²) in [6.45, 7) is 4.18. The van der Waals surface area contributed by atoms with Crippen LogP contribution in [0.4, 0.5) is 0 Å². The first-order valence-corrected chi connectivity index (χ1v) is 8.54. The van der Waals surface area contributed by atoms with Crippen LogP contribution in [0.1, 0.15) is 18.1 Å². The quantitative estimate of drug-likeness (QED) is 0.717. The van der Waals surface area contributed by atoms with Crippen molar-refractivity contribution in [3.8, 4) is 0 Å². The molecular weight excluding hydrogens is 346 g/mol. The van der Waals surface area contributed by atoms with Gasteiger partial charge in [0.1, 0.15) is 0 Å². The molecule has 112 valence electrons. The standard InChI is InChI=1S/C18H21BrClN/c1-2-21-13-16(10-14-6-8-17(19)9-7-14)11-15-4-3-5-18(20)12-15/h3-9,12,16,21H,2,10-11,13H2,1H3. The molecule has 1 atom stereocenters. The molecule has 21 heavy (non-hydrogen) atoms. The fraction of sp³-hybridized carbons (Fsp3) is 0.333. The third kappa shape index (κ3) is 5.82. The second-order valence-corrected chi connectivity index (χ2v) is 6.69. The Labute approximate surface area is 140 Å². The largest absolute Gasteiger partial charge is 0.317 e. The molecule has 1 unspecified atom stereocenters. The van der Waals surface area contributed by atoms with Crippen LogP contribution in [0.15, 0.2) is 53.0 Å². The molecule has 2 aromatic rings. The summed E-state index contributed by atoms with van der Waals surface area (Å²) in [6, 6.07) is 16.8. The van der Waals surface area contributed by atoms with Gasteiger partial charge in [-0.3, -0.25) is 0 Å². The minimum atomic E-state index is 0.574. The van der Waals surface area contributed by atoms with Crippen LogP contribution in [-0.2, 0) is 12.8 Å². The molecule has 0 bridgehead atoms. The summed E-state index contributed by atoms with van der Waals surface area (Å²) in [5.41, 5.74) is 2.69. The highest BCUT2D eigenvalue weighted by Crippen LogP contribution is 2.19. The van der Waals surface area contributed by atoms with Crippen molar-refractivity contribution in [2.24, 2.45) is 5.92 Å². The molecular formula is C18H21BrClN. The summed E-state index contributed by atoms with van der Waals surface area (Å²) in [4.78, 5) is 0. The Bertz CT molecular complexity index is 553. The van der Waals surface area contributed by atoms with Gasteiger partial charge in [-0.05, 0) is 67.2 Å². The zero-order chi connectivity index (χ0) is 15.1. The van der Waals surface area contributed by atoms with Gasteiger partial charge in [0.25, 0.3) is 0 Å². The van der Waals surface area contributed by atoms with Crippen LogP contribution in [0, 0.1) is 5.92 Å². The van der Waals surface area contributed by atoms with E-state index in [9.17, 15) is 0 Å². The van der Waals surface area contributed by atoms with Gasteiger partial charge in [-0.2, -0.15) is 0 Å². The highest BCUT2D eigenvalue weighted by molar-refractivity contribution is 9.10. The molecule has 0 aliphatic rings. The van der Waals surface area contributed by atoms with Gasteiger partial charge < -0.3 is 5.32 Å². The van der Waals surface area contributed by atoms with Crippen LogP contribution in [0.3, 0.4) is 0 Å². The molecule has 0 radical (unpaired) electrons. The summed E-state index contributed by atoms with van der Waals surface area (Å²) in [6.07, 6.45) is 2.12. The van der Waals surface area contributed by atoms with Gasteiger partial charge in [-0.1, -0.05) is 58.7 Å². The maximum absolute atomic E-state index is 6.09. The molecule has 0 saturated heterocycles. The first-order chi connectivity index (χ1) is 10.2. The Balaban J connectivity index is 2.04. The lowest BCUT2D eigenvalue weighted by molar-refractivity contribution is 0.478. The lowest BCUT2D eigenvalue weighted by atomic mass is 9.92. The molecule has 2 rings (SSSR count). The average Bonchev–Trinajstić information content (AvgIpc) is 2.47. The molecule has 0 fully saturated rings. The molecule has 0 aliphatic heterocycles. The average molecular weight is 367 g/mol. The number of hydrogen-bond acceptors (Lipinski definition) is 1. The summed E-state index contributed by atoms with van der Waals surface area (Å²) in [5.74, 6) is 0.574. The second-order valence-electron chi connectivity index (χ2n) is 5.34. The van der Waals surface area contributed by atoms with Crippen molar-refractivity contribution in [1.29, 1.82) is 0 Å². The van der Waals surface area contributed by atoms with E-state index in [-0.39, 0.29) is 0 Å². The third-order valence-electron chi connectivity index (χ3n) is 3.53. The number of hydrogen-bond donors (Lipinski definition) is 1. The Morgan fingerprint density at radius 3 is 2.43 bits per heavy atom. The van der Waals surface area contributed by atoms with E-state index in [4.69, 9.17) is 11.6 Å². The van der Waals surface area contributed by atoms with E-state index in [1.165, 1.54) is 11.1 Å². The predicted molar refractivity (Wildman–Crippen MR) is 95.0 cm³/mol. The summed E-state index contributed by atoms with van der Waals surface area (Å²) in [5, 5.41) is 4.29. The first-order valence-electron chi connectivity index (χ1n) is 7.37. The number of rotatable bonds is 7. The monoisotopic (exact) mass is 365 g/mol. The smallest absolute Gasteiger partial charge is 0.0408 e. The van der Waals surface area contributed by atoms with Gasteiger partial charge >= 0.3 is 0 Å². The topological polar surface area (TPSA) is 12.0 Å². The maximum Gasteiger partial charge on any atom is 0.0408 e. The predicted octanol–water partition coefficient (Wildman–Crippen LogP) is 5.11. The number of nitrogens with one attached hydrogen (secondary N) is 1. The van der Waals surface area contributed by atoms with E-state index in [2.05, 4.69) is 64.6 Å². The van der Waals surface area contributed by atoms with Crippen molar-refractivity contribution < 1.29 is 0 Å².